The van der Waals surface area contributed by atoms with E-state index in [1.54, 1.807) is 0 Å². The van der Waals surface area contributed by atoms with E-state index < -0.39 is 0 Å². The average Bonchev–Trinajstić information content (AvgIpc) is 2.57. The summed E-state index contributed by atoms with van der Waals surface area (Å²) in [6, 6.07) is 7.02. The van der Waals surface area contributed by atoms with Crippen molar-refractivity contribution in [3.05, 3.63) is 33.8 Å². The summed E-state index contributed by atoms with van der Waals surface area (Å²) in [7, 11) is 0. The lowest BCUT2D eigenvalue weighted by molar-refractivity contribution is 0.801. The first-order chi connectivity index (χ1) is 5.77. The first-order valence-electron chi connectivity index (χ1n) is 4.31. The number of hydrogen-bond donors (Lipinski definition) is 1. The Kier molecular flexibility index (Phi) is 2.17. The van der Waals surface area contributed by atoms with Crippen LogP contribution in [0, 0.1) is 5.92 Å². The van der Waals surface area contributed by atoms with E-state index >= 15 is 0 Å². The molecule has 1 saturated carbocycles. The third-order valence-corrected chi connectivity index (χ3v) is 3.64. The maximum absolute atomic E-state index is 5.91. The van der Waals surface area contributed by atoms with E-state index in [9.17, 15) is 0 Å². The third kappa shape index (κ3) is 1.24. The predicted molar refractivity (Wildman–Crippen MR) is 59.3 cm³/mol. The van der Waals surface area contributed by atoms with E-state index in [4.69, 9.17) is 5.73 Å². The molecular formula is C10H11BrClN. The molecule has 0 amide bonds. The van der Waals surface area contributed by atoms with Crippen LogP contribution in [-0.2, 0) is 6.42 Å². The van der Waals surface area contributed by atoms with Crippen molar-refractivity contribution >= 4 is 28.3 Å². The molecule has 0 aromatic heterocycles. The van der Waals surface area contributed by atoms with Gasteiger partial charge in [0.2, 0.25) is 0 Å². The van der Waals surface area contributed by atoms with Crippen LogP contribution in [0.3, 0.4) is 0 Å². The molecule has 70 valence electrons. The quantitative estimate of drug-likeness (QED) is 0.762. The van der Waals surface area contributed by atoms with Crippen molar-refractivity contribution in [2.45, 2.75) is 18.4 Å². The lowest BCUT2D eigenvalue weighted by atomic mass is 10.1. The maximum Gasteiger partial charge on any atom is 0.0178 e. The van der Waals surface area contributed by atoms with Crippen LogP contribution < -0.4 is 5.73 Å². The molecule has 2 aliphatic carbocycles. The largest absolute Gasteiger partial charge is 0.327 e. The van der Waals surface area contributed by atoms with Crippen LogP contribution in [0.15, 0.2) is 22.7 Å². The van der Waals surface area contributed by atoms with Crippen LogP contribution >= 0.6 is 28.3 Å². The second-order valence-corrected chi connectivity index (χ2v) is 4.73. The third-order valence-electron chi connectivity index (χ3n) is 3.15. The zero-order chi connectivity index (χ0) is 8.29. The molecule has 2 N–H and O–H groups in total. The Hall–Kier alpha value is -0.0500. The average molecular weight is 261 g/mol. The van der Waals surface area contributed by atoms with E-state index in [0.717, 1.165) is 5.92 Å². The highest BCUT2D eigenvalue weighted by molar-refractivity contribution is 9.10. The summed E-state index contributed by atoms with van der Waals surface area (Å²) in [5.41, 5.74) is 8.91. The van der Waals surface area contributed by atoms with Gasteiger partial charge < -0.3 is 5.73 Å². The van der Waals surface area contributed by atoms with Crippen LogP contribution in [0.25, 0.3) is 0 Å². The van der Waals surface area contributed by atoms with Gasteiger partial charge in [0.15, 0.2) is 0 Å². The molecule has 13 heavy (non-hydrogen) atoms. The SMILES string of the molecule is Cl.N[C@H]1[C@H]2Cc3cc(Br)ccc3[C@@H]12. The zero-order valence-corrected chi connectivity index (χ0v) is 9.44. The van der Waals surface area contributed by atoms with Gasteiger partial charge in [-0.1, -0.05) is 22.0 Å². The van der Waals surface area contributed by atoms with Gasteiger partial charge in [0.05, 0.1) is 0 Å². The minimum absolute atomic E-state index is 0. The molecule has 0 radical (unpaired) electrons. The summed E-state index contributed by atoms with van der Waals surface area (Å²) in [5.74, 6) is 1.45. The molecule has 0 heterocycles. The molecule has 2 aliphatic rings. The van der Waals surface area contributed by atoms with Crippen molar-refractivity contribution in [3.8, 4) is 0 Å². The van der Waals surface area contributed by atoms with Crippen molar-refractivity contribution in [1.29, 1.82) is 0 Å². The lowest BCUT2D eigenvalue weighted by Crippen LogP contribution is -2.08. The van der Waals surface area contributed by atoms with Gasteiger partial charge in [-0.15, -0.1) is 12.4 Å². The van der Waals surface area contributed by atoms with Crippen molar-refractivity contribution < 1.29 is 0 Å². The van der Waals surface area contributed by atoms with Crippen LogP contribution in [0.4, 0.5) is 0 Å². The zero-order valence-electron chi connectivity index (χ0n) is 7.03. The normalized spacial score (nSPS) is 33.2. The molecule has 0 unspecified atom stereocenters. The van der Waals surface area contributed by atoms with Gasteiger partial charge in [-0.25, -0.2) is 0 Å². The van der Waals surface area contributed by atoms with Crippen LogP contribution in [-0.4, -0.2) is 6.04 Å². The van der Waals surface area contributed by atoms with Gasteiger partial charge in [-0.3, -0.25) is 0 Å². The van der Waals surface area contributed by atoms with E-state index in [1.165, 1.54) is 22.0 Å². The molecule has 1 nitrogen and oxygen atoms in total. The minimum atomic E-state index is 0. The van der Waals surface area contributed by atoms with Crippen molar-refractivity contribution in [2.75, 3.05) is 0 Å². The second-order valence-electron chi connectivity index (χ2n) is 3.81. The molecule has 0 saturated heterocycles. The highest BCUT2D eigenvalue weighted by Crippen LogP contribution is 2.55. The molecule has 0 aliphatic heterocycles. The molecule has 1 aromatic carbocycles. The first-order valence-corrected chi connectivity index (χ1v) is 5.10. The number of nitrogens with two attached hydrogens (primary N) is 1. The number of rotatable bonds is 0. The molecule has 3 atom stereocenters. The molecule has 3 heteroatoms. The van der Waals surface area contributed by atoms with Gasteiger partial charge in [0.1, 0.15) is 0 Å². The molecule has 0 bridgehead atoms. The van der Waals surface area contributed by atoms with Crippen LogP contribution in [0.1, 0.15) is 17.0 Å². The van der Waals surface area contributed by atoms with Crippen LogP contribution in [0.5, 0.6) is 0 Å². The van der Waals surface area contributed by atoms with Crippen molar-refractivity contribution in [3.63, 3.8) is 0 Å². The Bertz CT molecular complexity index is 353. The molecule has 0 spiro atoms. The Balaban J connectivity index is 0.000000653. The second kappa shape index (κ2) is 2.97. The van der Waals surface area contributed by atoms with E-state index in [0.29, 0.717) is 12.0 Å². The maximum atomic E-state index is 5.91. The topological polar surface area (TPSA) is 26.0 Å². The van der Waals surface area contributed by atoms with Gasteiger partial charge in [0.25, 0.3) is 0 Å². The van der Waals surface area contributed by atoms with Gasteiger partial charge in [0, 0.05) is 16.4 Å². The Morgan fingerprint density at radius 3 is 2.92 bits per heavy atom. The standard InChI is InChI=1S/C10H10BrN.ClH/c11-6-1-2-7-5(3-6)4-8-9(7)10(8)12;/h1-3,8-10H,4,12H2;1H/t8-,9+,10-;/m0./s1. The van der Waals surface area contributed by atoms with Crippen molar-refractivity contribution in [2.24, 2.45) is 11.7 Å². The van der Waals surface area contributed by atoms with E-state index in [2.05, 4.69) is 34.1 Å². The summed E-state index contributed by atoms with van der Waals surface area (Å²) in [6.45, 7) is 0. The highest BCUT2D eigenvalue weighted by atomic mass is 79.9. The molecule has 1 aromatic rings. The fourth-order valence-corrected chi connectivity index (χ4v) is 2.84. The van der Waals surface area contributed by atoms with Gasteiger partial charge in [-0.05, 0) is 35.6 Å². The fraction of sp³-hybridized carbons (Fsp3) is 0.400. The van der Waals surface area contributed by atoms with E-state index in [-0.39, 0.29) is 12.4 Å². The smallest absolute Gasteiger partial charge is 0.0178 e. The Labute approximate surface area is 92.2 Å². The van der Waals surface area contributed by atoms with E-state index in [1.807, 2.05) is 0 Å². The van der Waals surface area contributed by atoms with Gasteiger partial charge >= 0.3 is 0 Å². The highest BCUT2D eigenvalue weighted by Gasteiger charge is 2.53. The summed E-state index contributed by atoms with van der Waals surface area (Å²) in [5, 5.41) is 0. The molecular weight excluding hydrogens is 249 g/mol. The predicted octanol–water partition coefficient (Wildman–Crippen LogP) is 2.47. The number of halogens is 2. The minimum Gasteiger partial charge on any atom is -0.327 e. The number of benzene rings is 1. The lowest BCUT2D eigenvalue weighted by Gasteiger charge is -2.04. The monoisotopic (exact) mass is 259 g/mol. The molecule has 3 rings (SSSR count). The Morgan fingerprint density at radius 1 is 1.38 bits per heavy atom. The van der Waals surface area contributed by atoms with Crippen molar-refractivity contribution in [1.82, 2.24) is 0 Å². The van der Waals surface area contributed by atoms with Gasteiger partial charge in [-0.2, -0.15) is 0 Å². The number of fused-ring (bicyclic) bond motifs is 3. The number of hydrogen-bond acceptors (Lipinski definition) is 1. The first kappa shape index (κ1) is 9.50. The fourth-order valence-electron chi connectivity index (χ4n) is 2.43. The Morgan fingerprint density at radius 2 is 2.15 bits per heavy atom. The summed E-state index contributed by atoms with van der Waals surface area (Å²) >= 11 is 3.48. The summed E-state index contributed by atoms with van der Waals surface area (Å²) < 4.78 is 1.19. The summed E-state index contributed by atoms with van der Waals surface area (Å²) in [4.78, 5) is 0. The molecule has 1 fully saturated rings. The van der Waals surface area contributed by atoms with Crippen LogP contribution in [0.2, 0.25) is 0 Å². The summed E-state index contributed by atoms with van der Waals surface area (Å²) in [6.07, 6.45) is 1.20.